The summed E-state index contributed by atoms with van der Waals surface area (Å²) in [7, 11) is 0. The number of rotatable bonds is 12. The molecule has 192 valence electrons. The molecule has 1 aromatic heterocycles. The highest BCUT2D eigenvalue weighted by Gasteiger charge is 2.17. The van der Waals surface area contributed by atoms with Crippen molar-refractivity contribution in [3.8, 4) is 5.75 Å². The second-order valence-electron chi connectivity index (χ2n) is 8.76. The fraction of sp³-hybridized carbons (Fsp3) is 0.250. The van der Waals surface area contributed by atoms with E-state index >= 15 is 0 Å². The van der Waals surface area contributed by atoms with Crippen LogP contribution in [0.15, 0.2) is 66.0 Å². The molecule has 0 aliphatic heterocycles. The number of primary amides is 1. The summed E-state index contributed by atoms with van der Waals surface area (Å²) in [5.74, 6) is -0.810. The zero-order chi connectivity index (χ0) is 26.2. The van der Waals surface area contributed by atoms with Gasteiger partial charge in [0.05, 0.1) is 24.8 Å². The lowest BCUT2D eigenvalue weighted by Crippen LogP contribution is -2.42. The normalized spacial score (nSPS) is 11.8. The Bertz CT molecular complexity index is 1420. The highest BCUT2D eigenvalue weighted by Crippen LogP contribution is 2.27. The molecule has 0 aliphatic rings. The molecule has 0 saturated heterocycles. The quantitative estimate of drug-likeness (QED) is 0.214. The Morgan fingerprint density at radius 2 is 1.68 bits per heavy atom. The largest absolute Gasteiger partial charge is 0.493 e. The fourth-order valence-corrected chi connectivity index (χ4v) is 5.03. The van der Waals surface area contributed by atoms with E-state index in [0.717, 1.165) is 21.7 Å². The van der Waals surface area contributed by atoms with Crippen LogP contribution in [0.4, 0.5) is 0 Å². The van der Waals surface area contributed by atoms with Crippen molar-refractivity contribution in [2.45, 2.75) is 25.3 Å². The molecule has 0 radical (unpaired) electrons. The van der Waals surface area contributed by atoms with Crippen LogP contribution < -0.4 is 26.8 Å². The van der Waals surface area contributed by atoms with Crippen LogP contribution in [0.5, 0.6) is 5.75 Å². The zero-order valence-corrected chi connectivity index (χ0v) is 21.2. The predicted molar refractivity (Wildman–Crippen MR) is 147 cm³/mol. The van der Waals surface area contributed by atoms with Crippen LogP contribution in [0.1, 0.15) is 28.8 Å². The molecule has 1 atom stereocenters. The maximum absolute atomic E-state index is 12.6. The van der Waals surface area contributed by atoms with E-state index in [2.05, 4.69) is 22.1 Å². The molecule has 0 bridgehead atoms. The molecule has 0 spiro atoms. The minimum atomic E-state index is -0.623. The van der Waals surface area contributed by atoms with Crippen LogP contribution in [0.3, 0.4) is 0 Å². The lowest BCUT2D eigenvalue weighted by molar-refractivity contribution is -0.122. The zero-order valence-electron chi connectivity index (χ0n) is 20.4. The summed E-state index contributed by atoms with van der Waals surface area (Å²) in [6, 6.07) is 18.7. The molecule has 1 heterocycles. The van der Waals surface area contributed by atoms with Gasteiger partial charge in [-0.2, -0.15) is 0 Å². The van der Waals surface area contributed by atoms with Crippen LogP contribution in [-0.4, -0.2) is 43.5 Å². The van der Waals surface area contributed by atoms with E-state index in [1.165, 1.54) is 4.70 Å². The van der Waals surface area contributed by atoms with Crippen molar-refractivity contribution in [3.63, 3.8) is 0 Å². The van der Waals surface area contributed by atoms with Gasteiger partial charge in [-0.05, 0) is 64.6 Å². The maximum atomic E-state index is 12.6. The summed E-state index contributed by atoms with van der Waals surface area (Å²) in [5.41, 5.74) is 12.7. The van der Waals surface area contributed by atoms with E-state index in [9.17, 15) is 14.4 Å². The van der Waals surface area contributed by atoms with Gasteiger partial charge in [0.2, 0.25) is 11.8 Å². The number of hydrogen-bond acceptors (Lipinski definition) is 6. The molecule has 6 N–H and O–H groups in total. The third-order valence-corrected chi connectivity index (χ3v) is 6.99. The molecule has 4 aromatic rings. The Morgan fingerprint density at radius 3 is 2.46 bits per heavy atom. The van der Waals surface area contributed by atoms with E-state index in [4.69, 9.17) is 16.2 Å². The van der Waals surface area contributed by atoms with Gasteiger partial charge in [0.1, 0.15) is 5.75 Å². The van der Waals surface area contributed by atoms with Gasteiger partial charge in [0.15, 0.2) is 0 Å². The Balaban J connectivity index is 1.26. The molecular formula is C28H30N4O4S. The third kappa shape index (κ3) is 6.84. The molecule has 3 aromatic carbocycles. The Hall–Kier alpha value is -3.95. The van der Waals surface area contributed by atoms with Crippen molar-refractivity contribution in [2.24, 2.45) is 11.5 Å². The van der Waals surface area contributed by atoms with E-state index in [-0.39, 0.29) is 12.5 Å². The third-order valence-electron chi connectivity index (χ3n) is 5.98. The van der Waals surface area contributed by atoms with Gasteiger partial charge >= 0.3 is 0 Å². The number of nitrogens with one attached hydrogen (secondary N) is 2. The van der Waals surface area contributed by atoms with Crippen LogP contribution in [0.2, 0.25) is 0 Å². The topological polar surface area (TPSA) is 137 Å². The number of carbonyl (C=O) groups excluding carboxylic acids is 3. The second kappa shape index (κ2) is 12.3. The minimum absolute atomic E-state index is 0.181. The molecular weight excluding hydrogens is 488 g/mol. The molecule has 0 unspecified atom stereocenters. The standard InChI is InChI=1S/C28H30N4O4S/c29-23(14-20-17-37-25-10-4-3-9-21(20)25)28(35)31-11-5-6-12-36-24-15-19-8-2-1-7-18(19)13-22(24)27(34)32-16-26(30)33/h1-4,7-10,13,15,17,23H,5-6,11-12,14,16,29H2,(H2,30,33)(H,31,35)(H,32,34)/t23-/m0/s1. The Labute approximate surface area is 219 Å². The molecule has 8 nitrogen and oxygen atoms in total. The first-order valence-electron chi connectivity index (χ1n) is 12.1. The van der Waals surface area contributed by atoms with Crippen molar-refractivity contribution in [3.05, 3.63) is 77.2 Å². The number of unbranched alkanes of at least 4 members (excludes halogenated alkanes) is 1. The first-order valence-corrected chi connectivity index (χ1v) is 13.0. The van der Waals surface area contributed by atoms with E-state index in [1.807, 2.05) is 48.5 Å². The summed E-state index contributed by atoms with van der Waals surface area (Å²) >= 11 is 1.65. The number of hydrogen-bond donors (Lipinski definition) is 4. The number of ether oxygens (including phenoxy) is 1. The average Bonchev–Trinajstić information content (AvgIpc) is 3.31. The first kappa shape index (κ1) is 26.1. The SMILES string of the molecule is NC(=O)CNC(=O)c1cc2ccccc2cc1OCCCCNC(=O)[C@@H](N)Cc1csc2ccccc12. The summed E-state index contributed by atoms with van der Waals surface area (Å²) < 4.78 is 7.11. The predicted octanol–water partition coefficient (Wildman–Crippen LogP) is 3.11. The highest BCUT2D eigenvalue weighted by molar-refractivity contribution is 7.17. The molecule has 0 fully saturated rings. The number of nitrogens with two attached hydrogens (primary N) is 2. The van der Waals surface area contributed by atoms with Crippen LogP contribution in [0.25, 0.3) is 20.9 Å². The van der Waals surface area contributed by atoms with E-state index in [1.54, 1.807) is 17.4 Å². The van der Waals surface area contributed by atoms with Gasteiger partial charge in [-0.25, -0.2) is 0 Å². The summed E-state index contributed by atoms with van der Waals surface area (Å²) in [5, 5.41) is 10.4. The average molecular weight is 519 g/mol. The summed E-state index contributed by atoms with van der Waals surface area (Å²) in [6.07, 6.45) is 1.85. The fourth-order valence-electron chi connectivity index (χ4n) is 4.05. The highest BCUT2D eigenvalue weighted by atomic mass is 32.1. The van der Waals surface area contributed by atoms with Gasteiger partial charge in [0.25, 0.3) is 5.91 Å². The van der Waals surface area contributed by atoms with Gasteiger partial charge in [-0.3, -0.25) is 14.4 Å². The van der Waals surface area contributed by atoms with Crippen molar-refractivity contribution in [1.29, 1.82) is 0 Å². The number of amides is 3. The molecule has 3 amide bonds. The number of benzene rings is 3. The van der Waals surface area contributed by atoms with Crippen molar-refractivity contribution in [2.75, 3.05) is 19.7 Å². The molecule has 37 heavy (non-hydrogen) atoms. The Kier molecular flexibility index (Phi) is 8.71. The van der Waals surface area contributed by atoms with Crippen LogP contribution >= 0.6 is 11.3 Å². The molecule has 9 heteroatoms. The monoisotopic (exact) mass is 518 g/mol. The summed E-state index contributed by atoms with van der Waals surface area (Å²) in [4.78, 5) is 36.2. The van der Waals surface area contributed by atoms with Crippen LogP contribution in [0, 0.1) is 0 Å². The smallest absolute Gasteiger partial charge is 0.255 e. The molecule has 0 aliphatic carbocycles. The van der Waals surface area contributed by atoms with Gasteiger partial charge in [-0.15, -0.1) is 11.3 Å². The van der Waals surface area contributed by atoms with E-state index in [0.29, 0.717) is 43.7 Å². The van der Waals surface area contributed by atoms with Crippen molar-refractivity contribution in [1.82, 2.24) is 10.6 Å². The van der Waals surface area contributed by atoms with Crippen molar-refractivity contribution >= 4 is 49.9 Å². The number of fused-ring (bicyclic) bond motifs is 2. The van der Waals surface area contributed by atoms with E-state index < -0.39 is 17.9 Å². The van der Waals surface area contributed by atoms with Gasteiger partial charge < -0.3 is 26.8 Å². The number of carbonyl (C=O) groups is 3. The first-order chi connectivity index (χ1) is 17.9. The van der Waals surface area contributed by atoms with Crippen molar-refractivity contribution < 1.29 is 19.1 Å². The lowest BCUT2D eigenvalue weighted by Gasteiger charge is -2.14. The maximum Gasteiger partial charge on any atom is 0.255 e. The van der Waals surface area contributed by atoms with Gasteiger partial charge in [-0.1, -0.05) is 42.5 Å². The molecule has 4 rings (SSSR count). The second-order valence-corrected chi connectivity index (χ2v) is 9.67. The summed E-state index contributed by atoms with van der Waals surface area (Å²) in [6.45, 7) is 0.580. The molecule has 0 saturated carbocycles. The lowest BCUT2D eigenvalue weighted by atomic mass is 10.0. The minimum Gasteiger partial charge on any atom is -0.493 e. The Morgan fingerprint density at radius 1 is 0.946 bits per heavy atom. The van der Waals surface area contributed by atoms with Crippen LogP contribution in [-0.2, 0) is 16.0 Å². The number of thiophene rings is 1. The van der Waals surface area contributed by atoms with Gasteiger partial charge in [0, 0.05) is 11.2 Å².